The molecule has 0 aromatic rings. The molecule has 1 heterocycles. The fourth-order valence-electron chi connectivity index (χ4n) is 1.45. The molecule has 1 aliphatic carbocycles. The van der Waals surface area contributed by atoms with Gasteiger partial charge in [0, 0.05) is 12.1 Å². The highest BCUT2D eigenvalue weighted by molar-refractivity contribution is 6.02. The lowest BCUT2D eigenvalue weighted by Crippen LogP contribution is -2.17. The molecule has 0 radical (unpaired) electrons. The molecular weight excluding hydrogens is 170 g/mol. The van der Waals surface area contributed by atoms with Crippen LogP contribution in [-0.4, -0.2) is 5.71 Å². The highest BCUT2D eigenvalue weighted by atomic mass is 14.7. The lowest BCUT2D eigenvalue weighted by molar-refractivity contribution is 1.00. The molecule has 1 unspecified atom stereocenters. The summed E-state index contributed by atoms with van der Waals surface area (Å²) in [4.78, 5) is 4.34. The second-order valence-electron chi connectivity index (χ2n) is 3.11. The maximum absolute atomic E-state index is 4.34. The van der Waals surface area contributed by atoms with Gasteiger partial charge in [-0.15, -0.1) is 0 Å². The van der Waals surface area contributed by atoms with Crippen LogP contribution < -0.4 is 0 Å². The summed E-state index contributed by atoms with van der Waals surface area (Å²) in [5.41, 5.74) is 3.46. The van der Waals surface area contributed by atoms with Crippen LogP contribution in [0.25, 0.3) is 0 Å². The highest BCUT2D eigenvalue weighted by Gasteiger charge is 2.19. The molecule has 74 valence electrons. The first-order chi connectivity index (χ1) is 6.79. The summed E-state index contributed by atoms with van der Waals surface area (Å²) in [6, 6.07) is 0. The van der Waals surface area contributed by atoms with Crippen LogP contribution in [0.1, 0.15) is 20.8 Å². The third-order valence-corrected chi connectivity index (χ3v) is 2.29. The molecular formula is C13H17N. The molecule has 1 heteroatoms. The van der Waals surface area contributed by atoms with Gasteiger partial charge < -0.3 is 0 Å². The third kappa shape index (κ3) is 1.92. The summed E-state index contributed by atoms with van der Waals surface area (Å²) >= 11 is 0. The molecule has 14 heavy (non-hydrogen) atoms. The first kappa shape index (κ1) is 10.7. The van der Waals surface area contributed by atoms with Gasteiger partial charge in [0.1, 0.15) is 0 Å². The first-order valence-electron chi connectivity index (χ1n) is 5.07. The quantitative estimate of drug-likeness (QED) is 0.548. The van der Waals surface area contributed by atoms with Crippen LogP contribution in [0.4, 0.5) is 0 Å². The lowest BCUT2D eigenvalue weighted by atomic mass is 9.86. The number of nitrogens with zero attached hydrogens (tertiary/aromatic N) is 1. The van der Waals surface area contributed by atoms with E-state index in [1.54, 1.807) is 0 Å². The molecule has 1 nitrogen and oxygen atoms in total. The first-order valence-corrected chi connectivity index (χ1v) is 5.07. The molecule has 0 aromatic carbocycles. The van der Waals surface area contributed by atoms with E-state index < -0.39 is 0 Å². The van der Waals surface area contributed by atoms with Crippen molar-refractivity contribution in [1.82, 2.24) is 0 Å². The van der Waals surface area contributed by atoms with Crippen molar-refractivity contribution in [2.24, 2.45) is 10.9 Å². The molecule has 0 bridgehead atoms. The van der Waals surface area contributed by atoms with Crippen LogP contribution in [0.5, 0.6) is 0 Å². The molecule has 0 fully saturated rings. The van der Waals surface area contributed by atoms with E-state index in [9.17, 15) is 0 Å². The summed E-state index contributed by atoms with van der Waals surface area (Å²) in [6.45, 7) is 10.1. The molecule has 0 spiro atoms. The van der Waals surface area contributed by atoms with Crippen LogP contribution in [0.2, 0.25) is 0 Å². The van der Waals surface area contributed by atoms with Crippen molar-refractivity contribution in [2.75, 3.05) is 0 Å². The van der Waals surface area contributed by atoms with E-state index in [4.69, 9.17) is 0 Å². The average Bonchev–Trinajstić information content (AvgIpc) is 2.27. The van der Waals surface area contributed by atoms with E-state index in [-0.39, 0.29) is 0 Å². The Bertz CT molecular complexity index is 340. The van der Waals surface area contributed by atoms with Crippen molar-refractivity contribution in [2.45, 2.75) is 20.8 Å². The van der Waals surface area contributed by atoms with Gasteiger partial charge in [-0.05, 0) is 24.1 Å². The fraction of sp³-hybridized carbons (Fsp3) is 0.308. The van der Waals surface area contributed by atoms with E-state index in [1.807, 2.05) is 38.3 Å². The largest absolute Gasteiger partial charge is 0.260 e. The zero-order chi connectivity index (χ0) is 10.6. The fourth-order valence-corrected chi connectivity index (χ4v) is 1.45. The normalized spacial score (nSPS) is 23.1. The second kappa shape index (κ2) is 4.75. The van der Waals surface area contributed by atoms with Crippen LogP contribution in [0.3, 0.4) is 0 Å². The van der Waals surface area contributed by atoms with E-state index in [1.165, 1.54) is 11.1 Å². The molecule has 1 atom stereocenters. The number of aliphatic imine (C=N–C) groups is 1. The average molecular weight is 187 g/mol. The summed E-state index contributed by atoms with van der Waals surface area (Å²) in [5, 5.41) is 0. The van der Waals surface area contributed by atoms with Crippen molar-refractivity contribution in [3.8, 4) is 0 Å². The maximum atomic E-state index is 4.34. The van der Waals surface area contributed by atoms with Crippen molar-refractivity contribution < 1.29 is 0 Å². The zero-order valence-electron chi connectivity index (χ0n) is 9.12. The third-order valence-electron chi connectivity index (χ3n) is 2.29. The predicted octanol–water partition coefficient (Wildman–Crippen LogP) is 3.67. The van der Waals surface area contributed by atoms with Crippen LogP contribution in [0.15, 0.2) is 53.2 Å². The molecule has 2 aliphatic rings. The summed E-state index contributed by atoms with van der Waals surface area (Å²) in [6.07, 6.45) is 10.1. The van der Waals surface area contributed by atoms with E-state index >= 15 is 0 Å². The maximum Gasteiger partial charge on any atom is 0.0516 e. The van der Waals surface area contributed by atoms with Crippen molar-refractivity contribution in [3.05, 3.63) is 48.2 Å². The topological polar surface area (TPSA) is 12.4 Å². The molecule has 0 amide bonds. The van der Waals surface area contributed by atoms with Gasteiger partial charge in [-0.25, -0.2) is 0 Å². The summed E-state index contributed by atoms with van der Waals surface area (Å²) in [7, 11) is 0. The molecule has 0 saturated carbocycles. The Morgan fingerprint density at radius 3 is 2.71 bits per heavy atom. The summed E-state index contributed by atoms with van der Waals surface area (Å²) < 4.78 is 0. The van der Waals surface area contributed by atoms with Gasteiger partial charge in [0.05, 0.1) is 5.71 Å². The van der Waals surface area contributed by atoms with Crippen LogP contribution >= 0.6 is 0 Å². The Morgan fingerprint density at radius 2 is 2.00 bits per heavy atom. The standard InChI is InChI=1S/C11H11N.C2H6/c1-8-7-12-11-6-4-3-5-10(11)9(8)2;1-2/h3-7,10H,2H2,1H3;1-2H3. The molecule has 1 aliphatic heterocycles. The van der Waals surface area contributed by atoms with Crippen LogP contribution in [-0.2, 0) is 0 Å². The monoisotopic (exact) mass is 187 g/mol. The van der Waals surface area contributed by atoms with Gasteiger partial charge in [-0.1, -0.05) is 38.7 Å². The minimum absolute atomic E-state index is 0.319. The minimum Gasteiger partial charge on any atom is -0.260 e. The number of fused-ring (bicyclic) bond motifs is 1. The van der Waals surface area contributed by atoms with E-state index in [2.05, 4.69) is 24.6 Å². The van der Waals surface area contributed by atoms with Crippen LogP contribution in [0, 0.1) is 5.92 Å². The second-order valence-corrected chi connectivity index (χ2v) is 3.11. The number of allylic oxidation sites excluding steroid dienone is 6. The van der Waals surface area contributed by atoms with Gasteiger partial charge in [0.25, 0.3) is 0 Å². The Balaban J connectivity index is 0.000000461. The zero-order valence-corrected chi connectivity index (χ0v) is 9.12. The van der Waals surface area contributed by atoms with Gasteiger partial charge in [-0.3, -0.25) is 4.99 Å². The Morgan fingerprint density at radius 1 is 1.29 bits per heavy atom. The minimum atomic E-state index is 0.319. The van der Waals surface area contributed by atoms with Crippen molar-refractivity contribution in [3.63, 3.8) is 0 Å². The smallest absolute Gasteiger partial charge is 0.0516 e. The van der Waals surface area contributed by atoms with Gasteiger partial charge in [-0.2, -0.15) is 0 Å². The number of hydrogen-bond donors (Lipinski definition) is 0. The highest BCUT2D eigenvalue weighted by Crippen LogP contribution is 2.27. The predicted molar refractivity (Wildman–Crippen MR) is 63.5 cm³/mol. The molecule has 0 N–H and O–H groups in total. The van der Waals surface area contributed by atoms with Gasteiger partial charge in [0.2, 0.25) is 0 Å². The molecule has 2 rings (SSSR count). The van der Waals surface area contributed by atoms with Gasteiger partial charge in [0.15, 0.2) is 0 Å². The molecule has 0 saturated heterocycles. The Kier molecular flexibility index (Phi) is 3.63. The van der Waals surface area contributed by atoms with Crippen molar-refractivity contribution in [1.29, 1.82) is 0 Å². The summed E-state index contributed by atoms with van der Waals surface area (Å²) in [5.74, 6) is 0.319. The van der Waals surface area contributed by atoms with Crippen molar-refractivity contribution >= 4 is 5.71 Å². The van der Waals surface area contributed by atoms with E-state index in [0.29, 0.717) is 5.92 Å². The van der Waals surface area contributed by atoms with E-state index in [0.717, 1.165) is 5.71 Å². The SMILES string of the molecule is C=C1C(C)=CN=C2C=CC=CC12.CC. The lowest BCUT2D eigenvalue weighted by Gasteiger charge is -2.21. The molecule has 0 aromatic heterocycles. The Labute approximate surface area is 86.2 Å². The number of hydrogen-bond acceptors (Lipinski definition) is 1. The van der Waals surface area contributed by atoms with Gasteiger partial charge >= 0.3 is 0 Å². The number of rotatable bonds is 0. The Hall–Kier alpha value is -1.37.